The van der Waals surface area contributed by atoms with Crippen LogP contribution in [0, 0.1) is 27.2 Å². The molecule has 0 atom stereocenters. The van der Waals surface area contributed by atoms with Crippen LogP contribution in [-0.4, -0.2) is 52.5 Å². The molecule has 38 heavy (non-hydrogen) atoms. The summed E-state index contributed by atoms with van der Waals surface area (Å²) in [5.41, 5.74) is 5.08. The second-order valence-corrected chi connectivity index (χ2v) is 9.21. The Balaban J connectivity index is 1.35. The van der Waals surface area contributed by atoms with Crippen molar-refractivity contribution in [3.05, 3.63) is 91.4 Å². The van der Waals surface area contributed by atoms with Gasteiger partial charge >= 0.3 is 5.69 Å². The number of hydrazone groups is 1. The second-order valence-electron chi connectivity index (χ2n) is 9.21. The van der Waals surface area contributed by atoms with E-state index in [1.165, 1.54) is 12.1 Å². The van der Waals surface area contributed by atoms with Crippen molar-refractivity contribution in [1.82, 2.24) is 4.90 Å². The molecule has 1 saturated heterocycles. The number of rotatable bonds is 6. The Morgan fingerprint density at radius 2 is 1.74 bits per heavy atom. The Bertz CT molecular complexity index is 1430. The molecule has 0 radical (unpaired) electrons. The Hall–Kier alpha value is -4.74. The molecule has 12 heteroatoms. The van der Waals surface area contributed by atoms with E-state index in [1.54, 1.807) is 4.90 Å². The average molecular weight is 519 g/mol. The van der Waals surface area contributed by atoms with Crippen LogP contribution in [0.2, 0.25) is 0 Å². The first-order valence-corrected chi connectivity index (χ1v) is 12.3. The zero-order valence-electron chi connectivity index (χ0n) is 20.8. The summed E-state index contributed by atoms with van der Waals surface area (Å²) in [7, 11) is 0. The molecule has 2 aromatic carbocycles. The van der Waals surface area contributed by atoms with Crippen molar-refractivity contribution >= 4 is 34.4 Å². The summed E-state index contributed by atoms with van der Waals surface area (Å²) in [6.07, 6.45) is 1.98. The first-order chi connectivity index (χ1) is 18.3. The van der Waals surface area contributed by atoms with E-state index in [0.29, 0.717) is 48.7 Å². The summed E-state index contributed by atoms with van der Waals surface area (Å²) >= 11 is 0. The molecule has 5 rings (SSSR count). The number of fused-ring (bicyclic) bond motifs is 1. The number of furan rings is 1. The van der Waals surface area contributed by atoms with Crippen LogP contribution in [-0.2, 0) is 6.42 Å². The molecule has 1 fully saturated rings. The molecule has 12 nitrogen and oxygen atoms in total. The van der Waals surface area contributed by atoms with Crippen molar-refractivity contribution < 1.29 is 19.1 Å². The Morgan fingerprint density at radius 1 is 1.00 bits per heavy atom. The van der Waals surface area contributed by atoms with E-state index in [4.69, 9.17) is 4.42 Å². The third-order valence-electron chi connectivity index (χ3n) is 6.91. The van der Waals surface area contributed by atoms with Gasteiger partial charge in [-0.2, -0.15) is 5.10 Å². The number of hydrogen-bond donors (Lipinski definition) is 1. The van der Waals surface area contributed by atoms with Gasteiger partial charge in [0.1, 0.15) is 11.4 Å². The second kappa shape index (κ2) is 10.3. The third-order valence-corrected chi connectivity index (χ3v) is 6.91. The molecule has 1 aliphatic heterocycles. The van der Waals surface area contributed by atoms with Gasteiger partial charge < -0.3 is 14.2 Å². The van der Waals surface area contributed by atoms with E-state index in [9.17, 15) is 25.0 Å². The molecule has 0 saturated carbocycles. The minimum Gasteiger partial charge on any atom is -0.455 e. The standard InChI is InChI=1S/C26H26N6O6/c1-17-24-21(28-27-20-11-10-19(31(34)35)16-22(20)32(36)37)8-5-9-23(24)38-25(17)26(33)30-14-12-29(13-15-30)18-6-3-2-4-7-18/h2-4,6-7,10-11,16,27H,5,8-9,12-15H2,1H3/b28-21+. The van der Waals surface area contributed by atoms with Crippen LogP contribution in [0.4, 0.5) is 22.7 Å². The van der Waals surface area contributed by atoms with Gasteiger partial charge in [-0.1, -0.05) is 18.2 Å². The highest BCUT2D eigenvalue weighted by Gasteiger charge is 2.31. The van der Waals surface area contributed by atoms with Gasteiger partial charge in [0.05, 0.1) is 21.6 Å². The number of non-ortho nitro benzene ring substituents is 1. The lowest BCUT2D eigenvalue weighted by molar-refractivity contribution is -0.393. The fourth-order valence-corrected chi connectivity index (χ4v) is 4.94. The number of piperazine rings is 1. The van der Waals surface area contributed by atoms with Crippen LogP contribution < -0.4 is 10.3 Å². The minimum absolute atomic E-state index is 0.0361. The van der Waals surface area contributed by atoms with Crippen molar-refractivity contribution in [2.45, 2.75) is 26.2 Å². The summed E-state index contributed by atoms with van der Waals surface area (Å²) in [5, 5.41) is 26.9. The van der Waals surface area contributed by atoms with E-state index in [0.717, 1.165) is 36.8 Å². The lowest BCUT2D eigenvalue weighted by Crippen LogP contribution is -2.48. The zero-order chi connectivity index (χ0) is 26.8. The van der Waals surface area contributed by atoms with Crippen LogP contribution in [0.1, 0.15) is 40.3 Å². The molecule has 1 N–H and O–H groups in total. The highest BCUT2D eigenvalue weighted by molar-refractivity contribution is 6.06. The molecule has 1 aliphatic carbocycles. The number of benzene rings is 2. The molecule has 1 amide bonds. The molecule has 196 valence electrons. The highest BCUT2D eigenvalue weighted by atomic mass is 16.6. The third kappa shape index (κ3) is 4.80. The van der Waals surface area contributed by atoms with Gasteiger partial charge in [-0.05, 0) is 38.0 Å². The topological polar surface area (TPSA) is 147 Å². The molecule has 2 aliphatic rings. The van der Waals surface area contributed by atoms with Gasteiger partial charge in [0, 0.05) is 55.5 Å². The quantitative estimate of drug-likeness (QED) is 0.370. The highest BCUT2D eigenvalue weighted by Crippen LogP contribution is 2.33. The molecule has 1 aromatic heterocycles. The lowest BCUT2D eigenvalue weighted by atomic mass is 9.93. The van der Waals surface area contributed by atoms with Gasteiger partial charge in [0.2, 0.25) is 0 Å². The first-order valence-electron chi connectivity index (χ1n) is 12.3. The van der Waals surface area contributed by atoms with Gasteiger partial charge in [0.25, 0.3) is 11.6 Å². The van der Waals surface area contributed by atoms with Gasteiger partial charge in [-0.15, -0.1) is 0 Å². The Morgan fingerprint density at radius 3 is 2.42 bits per heavy atom. The number of aryl methyl sites for hydroxylation is 1. The number of hydrogen-bond acceptors (Lipinski definition) is 9. The first kappa shape index (κ1) is 24.9. The van der Waals surface area contributed by atoms with E-state index in [2.05, 4.69) is 27.6 Å². The van der Waals surface area contributed by atoms with Crippen LogP contribution in [0.15, 0.2) is 58.0 Å². The fourth-order valence-electron chi connectivity index (χ4n) is 4.94. The summed E-state index contributed by atoms with van der Waals surface area (Å²) < 4.78 is 6.05. The lowest BCUT2D eigenvalue weighted by Gasteiger charge is -2.35. The maximum absolute atomic E-state index is 13.4. The molecule has 0 unspecified atom stereocenters. The van der Waals surface area contributed by atoms with E-state index in [1.807, 2.05) is 25.1 Å². The number of anilines is 2. The number of amides is 1. The largest absolute Gasteiger partial charge is 0.455 e. The number of nitro groups is 2. The van der Waals surface area contributed by atoms with Crippen molar-refractivity contribution in [1.29, 1.82) is 0 Å². The summed E-state index contributed by atoms with van der Waals surface area (Å²) in [6, 6.07) is 13.4. The SMILES string of the molecule is Cc1c(C(=O)N2CCN(c3ccccc3)CC2)oc2c1/C(=N/Nc1ccc([N+](=O)[O-])cc1[N+](=O)[O-])CCC2. The molecule has 0 spiro atoms. The van der Waals surface area contributed by atoms with Crippen LogP contribution in [0.25, 0.3) is 0 Å². The van der Waals surface area contributed by atoms with Crippen molar-refractivity contribution in [3.8, 4) is 0 Å². The fraction of sp³-hybridized carbons (Fsp3) is 0.308. The molecule has 3 aromatic rings. The molecular formula is C26H26N6O6. The minimum atomic E-state index is -0.695. The zero-order valence-corrected chi connectivity index (χ0v) is 20.8. The molecule has 0 bridgehead atoms. The van der Waals surface area contributed by atoms with Gasteiger partial charge in [-0.3, -0.25) is 30.4 Å². The number of nitro benzene ring substituents is 2. The van der Waals surface area contributed by atoms with Crippen molar-refractivity contribution in [2.24, 2.45) is 5.10 Å². The predicted octanol–water partition coefficient (Wildman–Crippen LogP) is 4.52. The van der Waals surface area contributed by atoms with Crippen LogP contribution >= 0.6 is 0 Å². The van der Waals surface area contributed by atoms with Crippen molar-refractivity contribution in [2.75, 3.05) is 36.5 Å². The average Bonchev–Trinajstić information content (AvgIpc) is 3.28. The summed E-state index contributed by atoms with van der Waals surface area (Å²) in [5.74, 6) is 0.792. The van der Waals surface area contributed by atoms with E-state index >= 15 is 0 Å². The number of para-hydroxylation sites is 1. The number of nitrogens with zero attached hydrogens (tertiary/aromatic N) is 5. The van der Waals surface area contributed by atoms with Crippen LogP contribution in [0.5, 0.6) is 0 Å². The van der Waals surface area contributed by atoms with Crippen LogP contribution in [0.3, 0.4) is 0 Å². The normalized spacial score (nSPS) is 16.3. The Kier molecular flexibility index (Phi) is 6.77. The summed E-state index contributed by atoms with van der Waals surface area (Å²) in [6.45, 7) is 4.42. The van der Waals surface area contributed by atoms with Gasteiger partial charge in [-0.25, -0.2) is 0 Å². The van der Waals surface area contributed by atoms with Gasteiger partial charge in [0.15, 0.2) is 5.76 Å². The monoisotopic (exact) mass is 518 g/mol. The number of carbonyl (C=O) groups excluding carboxylic acids is 1. The number of nitrogens with one attached hydrogen (secondary N) is 1. The summed E-state index contributed by atoms with van der Waals surface area (Å²) in [4.78, 5) is 38.5. The molecular weight excluding hydrogens is 492 g/mol. The number of carbonyl (C=O) groups is 1. The Labute approximate surface area is 217 Å². The molecule has 2 heterocycles. The van der Waals surface area contributed by atoms with E-state index in [-0.39, 0.29) is 17.3 Å². The predicted molar refractivity (Wildman–Crippen MR) is 141 cm³/mol. The smallest absolute Gasteiger partial charge is 0.301 e. The maximum atomic E-state index is 13.4. The van der Waals surface area contributed by atoms with Crippen molar-refractivity contribution in [3.63, 3.8) is 0 Å². The maximum Gasteiger partial charge on any atom is 0.301 e. The van der Waals surface area contributed by atoms with E-state index < -0.39 is 15.5 Å².